The van der Waals surface area contributed by atoms with E-state index in [0.717, 1.165) is 13.0 Å². The van der Waals surface area contributed by atoms with Crippen LogP contribution in [-0.2, 0) is 0 Å². The molecule has 0 fully saturated rings. The zero-order valence-electron chi connectivity index (χ0n) is 12.0. The number of benzene rings is 2. The van der Waals surface area contributed by atoms with Crippen molar-refractivity contribution >= 4 is 44.0 Å². The van der Waals surface area contributed by atoms with Crippen LogP contribution in [0.25, 0.3) is 10.1 Å². The van der Waals surface area contributed by atoms with Crippen LogP contribution in [0.2, 0.25) is 0 Å². The summed E-state index contributed by atoms with van der Waals surface area (Å²) in [5.74, 6) is 0. The zero-order chi connectivity index (χ0) is 14.7. The Morgan fingerprint density at radius 3 is 2.81 bits per heavy atom. The average molecular weight is 407 g/mol. The molecule has 0 spiro atoms. The summed E-state index contributed by atoms with van der Waals surface area (Å²) in [6.07, 6.45) is 1.14. The van der Waals surface area contributed by atoms with Crippen molar-refractivity contribution in [1.82, 2.24) is 5.32 Å². The van der Waals surface area contributed by atoms with E-state index >= 15 is 0 Å². The molecule has 0 amide bonds. The molecule has 1 N–H and O–H groups in total. The Labute approximate surface area is 143 Å². The fraction of sp³-hybridized carbons (Fsp3) is 0.222. The predicted octanol–water partition coefficient (Wildman–Crippen LogP) is 5.59. The fourth-order valence-electron chi connectivity index (χ4n) is 2.60. The molecule has 0 saturated carbocycles. The highest BCUT2D eigenvalue weighted by atomic mass is 127. The Bertz CT molecular complexity index is 735. The molecule has 0 radical (unpaired) electrons. The second-order valence-electron chi connectivity index (χ2n) is 5.13. The molecule has 1 nitrogen and oxygen atoms in total. The molecule has 1 heterocycles. The van der Waals surface area contributed by atoms with Gasteiger partial charge in [-0.3, -0.25) is 0 Å². The van der Waals surface area contributed by atoms with Gasteiger partial charge in [0.05, 0.1) is 6.04 Å². The zero-order valence-corrected chi connectivity index (χ0v) is 14.9. The first-order chi connectivity index (χ1) is 10.3. The highest BCUT2D eigenvalue weighted by Crippen LogP contribution is 2.33. The Hall–Kier alpha value is -0.910. The maximum atomic E-state index is 3.71. The molecule has 0 aliphatic rings. The van der Waals surface area contributed by atoms with Gasteiger partial charge in [0.1, 0.15) is 0 Å². The summed E-state index contributed by atoms with van der Waals surface area (Å²) in [4.78, 5) is 0. The van der Waals surface area contributed by atoms with Crippen LogP contribution < -0.4 is 5.32 Å². The summed E-state index contributed by atoms with van der Waals surface area (Å²) < 4.78 is 2.65. The number of hydrogen-bond donors (Lipinski definition) is 1. The van der Waals surface area contributed by atoms with Gasteiger partial charge < -0.3 is 5.32 Å². The van der Waals surface area contributed by atoms with Gasteiger partial charge in [0.25, 0.3) is 0 Å². The van der Waals surface area contributed by atoms with Crippen molar-refractivity contribution < 1.29 is 0 Å². The monoisotopic (exact) mass is 407 g/mol. The molecule has 3 rings (SSSR count). The lowest BCUT2D eigenvalue weighted by atomic mass is 9.98. The summed E-state index contributed by atoms with van der Waals surface area (Å²) in [6.45, 7) is 3.24. The van der Waals surface area contributed by atoms with Crippen LogP contribution in [0.15, 0.2) is 53.9 Å². The van der Waals surface area contributed by atoms with Gasteiger partial charge >= 0.3 is 0 Å². The summed E-state index contributed by atoms with van der Waals surface area (Å²) in [6, 6.07) is 17.7. The Morgan fingerprint density at radius 1 is 1.14 bits per heavy atom. The number of hydrogen-bond acceptors (Lipinski definition) is 2. The third kappa shape index (κ3) is 3.30. The summed E-state index contributed by atoms with van der Waals surface area (Å²) >= 11 is 4.22. The van der Waals surface area contributed by atoms with Crippen molar-refractivity contribution in [2.45, 2.75) is 19.4 Å². The molecule has 1 aromatic heterocycles. The molecule has 1 atom stereocenters. The molecule has 1 unspecified atom stereocenters. The molecule has 3 heteroatoms. The second-order valence-corrected chi connectivity index (χ2v) is 7.29. The molecule has 2 aromatic carbocycles. The molecule has 3 aromatic rings. The first kappa shape index (κ1) is 15.0. The topological polar surface area (TPSA) is 12.0 Å². The van der Waals surface area contributed by atoms with E-state index in [0.29, 0.717) is 0 Å². The van der Waals surface area contributed by atoms with E-state index < -0.39 is 0 Å². The summed E-state index contributed by atoms with van der Waals surface area (Å²) in [7, 11) is 0. The van der Waals surface area contributed by atoms with Crippen LogP contribution in [0.5, 0.6) is 0 Å². The number of rotatable bonds is 5. The fourth-order valence-corrected chi connectivity index (χ4v) is 4.16. The predicted molar refractivity (Wildman–Crippen MR) is 101 cm³/mol. The first-order valence-corrected chi connectivity index (χ1v) is 9.20. The van der Waals surface area contributed by atoms with E-state index in [1.54, 1.807) is 0 Å². The maximum absolute atomic E-state index is 3.71. The van der Waals surface area contributed by atoms with Crippen molar-refractivity contribution in [3.8, 4) is 0 Å². The lowest BCUT2D eigenvalue weighted by Crippen LogP contribution is -2.23. The molecule has 0 bridgehead atoms. The highest BCUT2D eigenvalue weighted by Gasteiger charge is 2.17. The van der Waals surface area contributed by atoms with Crippen LogP contribution in [0, 0.1) is 3.57 Å². The van der Waals surface area contributed by atoms with Crippen LogP contribution in [0.3, 0.4) is 0 Å². The van der Waals surface area contributed by atoms with Crippen LogP contribution in [-0.4, -0.2) is 6.54 Å². The molecular weight excluding hydrogens is 389 g/mol. The van der Waals surface area contributed by atoms with E-state index in [9.17, 15) is 0 Å². The Balaban J connectivity index is 2.06. The quantitative estimate of drug-likeness (QED) is 0.544. The van der Waals surface area contributed by atoms with E-state index in [2.05, 4.69) is 88.7 Å². The standard InChI is InChI=1S/C18H18INS/c1-2-10-20-18(13-6-5-7-14(19)11-13)16-12-21-17-9-4-3-8-15(16)17/h3-9,11-12,18,20H,2,10H2,1H3. The lowest BCUT2D eigenvalue weighted by molar-refractivity contribution is 0.602. The van der Waals surface area contributed by atoms with E-state index in [1.807, 2.05) is 11.3 Å². The van der Waals surface area contributed by atoms with E-state index in [1.165, 1.54) is 24.8 Å². The van der Waals surface area contributed by atoms with Crippen molar-refractivity contribution in [2.24, 2.45) is 0 Å². The SMILES string of the molecule is CCCNC(c1cccc(I)c1)c1csc2ccccc12. The second kappa shape index (κ2) is 6.90. The van der Waals surface area contributed by atoms with Crippen LogP contribution in [0.4, 0.5) is 0 Å². The number of fused-ring (bicyclic) bond motifs is 1. The van der Waals surface area contributed by atoms with Gasteiger partial charge in [-0.15, -0.1) is 11.3 Å². The highest BCUT2D eigenvalue weighted by molar-refractivity contribution is 14.1. The van der Waals surface area contributed by atoms with E-state index in [4.69, 9.17) is 0 Å². The summed E-state index contributed by atoms with van der Waals surface area (Å²) in [5, 5.41) is 7.38. The van der Waals surface area contributed by atoms with Gasteiger partial charge in [-0.1, -0.05) is 37.3 Å². The van der Waals surface area contributed by atoms with Crippen molar-refractivity contribution in [2.75, 3.05) is 6.54 Å². The van der Waals surface area contributed by atoms with Crippen molar-refractivity contribution in [3.05, 3.63) is 68.6 Å². The van der Waals surface area contributed by atoms with E-state index in [-0.39, 0.29) is 6.04 Å². The minimum absolute atomic E-state index is 0.274. The smallest absolute Gasteiger partial charge is 0.0591 e. The van der Waals surface area contributed by atoms with Crippen molar-refractivity contribution in [1.29, 1.82) is 0 Å². The van der Waals surface area contributed by atoms with Crippen LogP contribution in [0.1, 0.15) is 30.5 Å². The van der Waals surface area contributed by atoms with Gasteiger partial charge in [-0.05, 0) is 75.6 Å². The van der Waals surface area contributed by atoms with Gasteiger partial charge in [0.15, 0.2) is 0 Å². The molecule has 0 saturated heterocycles. The third-order valence-electron chi connectivity index (χ3n) is 3.60. The molecule has 21 heavy (non-hydrogen) atoms. The normalized spacial score (nSPS) is 12.7. The molecule has 108 valence electrons. The maximum Gasteiger partial charge on any atom is 0.0591 e. The number of nitrogens with one attached hydrogen (secondary N) is 1. The molecule has 0 aliphatic heterocycles. The number of thiophene rings is 1. The minimum atomic E-state index is 0.274. The van der Waals surface area contributed by atoms with Gasteiger partial charge in [-0.25, -0.2) is 0 Å². The van der Waals surface area contributed by atoms with Gasteiger partial charge in [0, 0.05) is 8.27 Å². The summed E-state index contributed by atoms with van der Waals surface area (Å²) in [5.41, 5.74) is 2.74. The minimum Gasteiger partial charge on any atom is -0.306 e. The molecule has 0 aliphatic carbocycles. The number of halogens is 1. The van der Waals surface area contributed by atoms with Crippen molar-refractivity contribution in [3.63, 3.8) is 0 Å². The average Bonchev–Trinajstić information content (AvgIpc) is 2.92. The Morgan fingerprint density at radius 2 is 2.00 bits per heavy atom. The Kier molecular flexibility index (Phi) is 4.93. The third-order valence-corrected chi connectivity index (χ3v) is 5.26. The lowest BCUT2D eigenvalue weighted by Gasteiger charge is -2.19. The largest absolute Gasteiger partial charge is 0.306 e. The van der Waals surface area contributed by atoms with Gasteiger partial charge in [-0.2, -0.15) is 0 Å². The van der Waals surface area contributed by atoms with Gasteiger partial charge in [0.2, 0.25) is 0 Å². The first-order valence-electron chi connectivity index (χ1n) is 7.24. The van der Waals surface area contributed by atoms with Crippen LogP contribution >= 0.6 is 33.9 Å². The molecular formula is C18H18INS.